The smallest absolute Gasteiger partial charge is 0.242 e. The van der Waals surface area contributed by atoms with Gasteiger partial charge in [0.05, 0.1) is 13.5 Å². The number of rotatable bonds is 9. The minimum Gasteiger partial charge on any atom is -0.497 e. The maximum atomic E-state index is 13.2. The van der Waals surface area contributed by atoms with Gasteiger partial charge in [0.25, 0.3) is 0 Å². The Labute approximate surface area is 179 Å². The minimum absolute atomic E-state index is 0.0369. The molecule has 0 aromatic heterocycles. The molecule has 160 valence electrons. The van der Waals surface area contributed by atoms with Crippen LogP contribution in [-0.2, 0) is 22.4 Å². The summed E-state index contributed by atoms with van der Waals surface area (Å²) in [4.78, 5) is 27.8. The fourth-order valence-corrected chi connectivity index (χ4v) is 3.98. The highest BCUT2D eigenvalue weighted by molar-refractivity contribution is 5.88. The van der Waals surface area contributed by atoms with Gasteiger partial charge in [-0.3, -0.25) is 9.59 Å². The molecule has 0 heterocycles. The van der Waals surface area contributed by atoms with E-state index in [1.807, 2.05) is 49.4 Å². The molecule has 1 aliphatic carbocycles. The number of carbonyl (C=O) groups excluding carboxylic acids is 2. The van der Waals surface area contributed by atoms with Gasteiger partial charge in [-0.15, -0.1) is 0 Å². The summed E-state index contributed by atoms with van der Waals surface area (Å²) in [6.45, 7) is 2.35. The average Bonchev–Trinajstić information content (AvgIpc) is 3.28. The second-order valence-electron chi connectivity index (χ2n) is 8.01. The molecule has 1 aliphatic rings. The van der Waals surface area contributed by atoms with Gasteiger partial charge >= 0.3 is 0 Å². The summed E-state index contributed by atoms with van der Waals surface area (Å²) < 4.78 is 5.19. The molecule has 0 spiro atoms. The van der Waals surface area contributed by atoms with Gasteiger partial charge in [-0.25, -0.2) is 0 Å². The van der Waals surface area contributed by atoms with Crippen molar-refractivity contribution in [3.05, 3.63) is 65.7 Å². The summed E-state index contributed by atoms with van der Waals surface area (Å²) >= 11 is 0. The first-order valence-corrected chi connectivity index (χ1v) is 10.8. The van der Waals surface area contributed by atoms with Crippen LogP contribution in [0.1, 0.15) is 43.7 Å². The normalized spacial score (nSPS) is 14.9. The zero-order chi connectivity index (χ0) is 21.3. The van der Waals surface area contributed by atoms with Gasteiger partial charge < -0.3 is 15.0 Å². The highest BCUT2D eigenvalue weighted by Crippen LogP contribution is 2.18. The Hall–Kier alpha value is -2.82. The molecule has 3 rings (SSSR count). The van der Waals surface area contributed by atoms with Crippen LogP contribution >= 0.6 is 0 Å². The molecule has 5 nitrogen and oxygen atoms in total. The number of nitrogens with one attached hydrogen (secondary N) is 1. The van der Waals surface area contributed by atoms with Crippen molar-refractivity contribution in [1.29, 1.82) is 0 Å². The fraction of sp³-hybridized carbons (Fsp3) is 0.440. The lowest BCUT2D eigenvalue weighted by atomic mass is 10.1. The Balaban J connectivity index is 1.69. The van der Waals surface area contributed by atoms with E-state index < -0.39 is 6.04 Å². The predicted octanol–water partition coefficient (Wildman–Crippen LogP) is 3.76. The van der Waals surface area contributed by atoms with Crippen LogP contribution in [0.15, 0.2) is 54.6 Å². The van der Waals surface area contributed by atoms with Crippen molar-refractivity contribution in [2.24, 2.45) is 0 Å². The molecule has 1 fully saturated rings. The number of carbonyl (C=O) groups is 2. The number of hydrogen-bond donors (Lipinski definition) is 1. The van der Waals surface area contributed by atoms with Gasteiger partial charge in [0.1, 0.15) is 11.8 Å². The molecule has 2 amide bonds. The number of hydrogen-bond acceptors (Lipinski definition) is 3. The van der Waals surface area contributed by atoms with E-state index in [0.717, 1.165) is 49.0 Å². The largest absolute Gasteiger partial charge is 0.497 e. The summed E-state index contributed by atoms with van der Waals surface area (Å²) in [6, 6.07) is 17.3. The fourth-order valence-electron chi connectivity index (χ4n) is 3.98. The van der Waals surface area contributed by atoms with Crippen LogP contribution in [-0.4, -0.2) is 42.5 Å². The van der Waals surface area contributed by atoms with Crippen molar-refractivity contribution in [3.63, 3.8) is 0 Å². The zero-order valence-corrected chi connectivity index (χ0v) is 18.0. The second kappa shape index (κ2) is 10.8. The minimum atomic E-state index is -0.500. The van der Waals surface area contributed by atoms with E-state index in [1.165, 1.54) is 0 Å². The number of nitrogens with zero attached hydrogens (tertiary/aromatic N) is 1. The first-order valence-electron chi connectivity index (χ1n) is 10.8. The number of methoxy groups -OCH3 is 1. The van der Waals surface area contributed by atoms with E-state index in [1.54, 1.807) is 12.0 Å². The van der Waals surface area contributed by atoms with Crippen molar-refractivity contribution in [2.45, 2.75) is 57.5 Å². The summed E-state index contributed by atoms with van der Waals surface area (Å²) in [5.41, 5.74) is 2.07. The first kappa shape index (κ1) is 21.9. The SMILES string of the molecule is COc1ccc(CC(=O)N(CCc2ccccc2)[C@@H](C)C(=O)NC2CCCC2)cc1. The van der Waals surface area contributed by atoms with Gasteiger partial charge in [0.2, 0.25) is 11.8 Å². The molecule has 0 bridgehead atoms. The molecular formula is C25H32N2O3. The standard InChI is InChI=1S/C25H32N2O3/c1-19(25(29)26-22-10-6-7-11-22)27(17-16-20-8-4-3-5-9-20)24(28)18-21-12-14-23(30-2)15-13-21/h3-5,8-9,12-15,19,22H,6-7,10-11,16-18H2,1-2H3,(H,26,29)/t19-/m0/s1. The van der Waals surface area contributed by atoms with Crippen molar-refractivity contribution >= 4 is 11.8 Å². The Morgan fingerprint density at radius 2 is 1.70 bits per heavy atom. The predicted molar refractivity (Wildman–Crippen MR) is 118 cm³/mol. The maximum absolute atomic E-state index is 13.2. The van der Waals surface area contributed by atoms with Crippen molar-refractivity contribution in [1.82, 2.24) is 10.2 Å². The number of benzene rings is 2. The molecule has 0 saturated heterocycles. The van der Waals surface area contributed by atoms with Gasteiger partial charge in [-0.2, -0.15) is 0 Å². The van der Waals surface area contributed by atoms with Crippen LogP contribution in [0.25, 0.3) is 0 Å². The van der Waals surface area contributed by atoms with Gasteiger partial charge in [-0.05, 0) is 49.4 Å². The molecule has 2 aromatic rings. The average molecular weight is 409 g/mol. The van der Waals surface area contributed by atoms with Gasteiger partial charge in [-0.1, -0.05) is 55.3 Å². The van der Waals surface area contributed by atoms with Gasteiger partial charge in [0, 0.05) is 12.6 Å². The van der Waals surface area contributed by atoms with Crippen molar-refractivity contribution in [2.75, 3.05) is 13.7 Å². The van der Waals surface area contributed by atoms with Crippen LogP contribution in [0.5, 0.6) is 5.75 Å². The number of ether oxygens (including phenoxy) is 1. The van der Waals surface area contributed by atoms with Gasteiger partial charge in [0.15, 0.2) is 0 Å². The third kappa shape index (κ3) is 6.09. The topological polar surface area (TPSA) is 58.6 Å². The highest BCUT2D eigenvalue weighted by Gasteiger charge is 2.28. The third-order valence-corrected chi connectivity index (χ3v) is 5.87. The van der Waals surface area contributed by atoms with Crippen LogP contribution < -0.4 is 10.1 Å². The van der Waals surface area contributed by atoms with Crippen LogP contribution in [0.2, 0.25) is 0 Å². The van der Waals surface area contributed by atoms with E-state index in [0.29, 0.717) is 6.54 Å². The second-order valence-corrected chi connectivity index (χ2v) is 8.01. The van der Waals surface area contributed by atoms with E-state index in [9.17, 15) is 9.59 Å². The summed E-state index contributed by atoms with van der Waals surface area (Å²) in [5.74, 6) is 0.666. The van der Waals surface area contributed by atoms with E-state index in [4.69, 9.17) is 4.74 Å². The Morgan fingerprint density at radius 1 is 1.03 bits per heavy atom. The third-order valence-electron chi connectivity index (χ3n) is 5.87. The lowest BCUT2D eigenvalue weighted by Gasteiger charge is -2.30. The molecule has 1 saturated carbocycles. The molecule has 0 aliphatic heterocycles. The molecule has 5 heteroatoms. The molecule has 0 radical (unpaired) electrons. The summed E-state index contributed by atoms with van der Waals surface area (Å²) in [7, 11) is 1.62. The number of amides is 2. The zero-order valence-electron chi connectivity index (χ0n) is 18.0. The lowest BCUT2D eigenvalue weighted by Crippen LogP contribution is -2.51. The van der Waals surface area contributed by atoms with Crippen LogP contribution in [0.3, 0.4) is 0 Å². The molecule has 0 unspecified atom stereocenters. The Morgan fingerprint density at radius 3 is 2.33 bits per heavy atom. The van der Waals surface area contributed by atoms with Crippen LogP contribution in [0.4, 0.5) is 0 Å². The molecule has 1 N–H and O–H groups in total. The Kier molecular flexibility index (Phi) is 7.89. The van der Waals surface area contributed by atoms with Crippen LogP contribution in [0, 0.1) is 0 Å². The van der Waals surface area contributed by atoms with Crippen molar-refractivity contribution in [3.8, 4) is 5.75 Å². The summed E-state index contributed by atoms with van der Waals surface area (Å²) in [6.07, 6.45) is 5.36. The quantitative estimate of drug-likeness (QED) is 0.687. The van der Waals surface area contributed by atoms with E-state index >= 15 is 0 Å². The summed E-state index contributed by atoms with van der Waals surface area (Å²) in [5, 5.41) is 3.14. The van der Waals surface area contributed by atoms with Crippen molar-refractivity contribution < 1.29 is 14.3 Å². The molecule has 2 aromatic carbocycles. The highest BCUT2D eigenvalue weighted by atomic mass is 16.5. The van der Waals surface area contributed by atoms with E-state index in [2.05, 4.69) is 17.4 Å². The lowest BCUT2D eigenvalue weighted by molar-refractivity contribution is -0.139. The maximum Gasteiger partial charge on any atom is 0.242 e. The molecular weight excluding hydrogens is 376 g/mol. The molecule has 1 atom stereocenters. The van der Waals surface area contributed by atoms with E-state index in [-0.39, 0.29) is 24.3 Å². The Bertz CT molecular complexity index is 814. The monoisotopic (exact) mass is 408 g/mol. The first-order chi connectivity index (χ1) is 14.6. The molecule has 30 heavy (non-hydrogen) atoms.